The van der Waals surface area contributed by atoms with Gasteiger partial charge in [0.15, 0.2) is 0 Å². The van der Waals surface area contributed by atoms with E-state index in [0.717, 1.165) is 11.0 Å². The van der Waals surface area contributed by atoms with Crippen LogP contribution in [0, 0.1) is 5.41 Å². The average Bonchev–Trinajstić information content (AvgIpc) is 3.28. The van der Waals surface area contributed by atoms with Gasteiger partial charge < -0.3 is 14.6 Å². The van der Waals surface area contributed by atoms with E-state index in [9.17, 15) is 18.0 Å². The first-order chi connectivity index (χ1) is 16.9. The van der Waals surface area contributed by atoms with Gasteiger partial charge in [-0.3, -0.25) is 15.2 Å². The summed E-state index contributed by atoms with van der Waals surface area (Å²) in [5, 5.41) is 3.01. The average molecular weight is 524 g/mol. The van der Waals surface area contributed by atoms with Crippen LogP contribution in [0.2, 0.25) is 0 Å². The minimum atomic E-state index is -4.35. The topological polar surface area (TPSA) is 84.4 Å². The number of carbonyl (C=O) groups excluding carboxylic acids is 1. The molecule has 0 bridgehead atoms. The van der Waals surface area contributed by atoms with Crippen molar-refractivity contribution >= 4 is 24.8 Å². The number of nitrogens with one attached hydrogen (secondary N) is 2. The highest BCUT2D eigenvalue weighted by molar-refractivity contribution is 6.62. The fraction of sp³-hybridized carbons (Fsp3) is 0.680. The van der Waals surface area contributed by atoms with Gasteiger partial charge in [0.2, 0.25) is 0 Å². The Morgan fingerprint density at radius 3 is 2.38 bits per heavy atom. The molecule has 2 N–H and O–H groups in total. The van der Waals surface area contributed by atoms with Crippen LogP contribution in [-0.4, -0.2) is 60.5 Å². The first-order valence-corrected chi connectivity index (χ1v) is 12.5. The lowest BCUT2D eigenvalue weighted by molar-refractivity contribution is -0.167. The summed E-state index contributed by atoms with van der Waals surface area (Å²) in [6.07, 6.45) is -2.73. The van der Waals surface area contributed by atoms with Crippen molar-refractivity contribution in [2.75, 3.05) is 13.1 Å². The largest absolute Gasteiger partial charge is 0.494 e. The lowest BCUT2D eigenvalue weighted by Crippen LogP contribution is -2.55. The third kappa shape index (κ3) is 5.39. The van der Waals surface area contributed by atoms with E-state index >= 15 is 0 Å². The number of halogens is 3. The van der Waals surface area contributed by atoms with Crippen LogP contribution in [-0.2, 0) is 25.5 Å². The zero-order valence-electron chi connectivity index (χ0n) is 22.5. The molecule has 1 unspecified atom stereocenters. The van der Waals surface area contributed by atoms with E-state index in [1.807, 2.05) is 66.7 Å². The summed E-state index contributed by atoms with van der Waals surface area (Å²) in [7, 11) is -0.654. The fourth-order valence-electron chi connectivity index (χ4n) is 4.86. The van der Waals surface area contributed by atoms with Gasteiger partial charge in [-0.25, -0.2) is 9.83 Å². The molecule has 37 heavy (non-hydrogen) atoms. The van der Waals surface area contributed by atoms with Crippen LogP contribution >= 0.6 is 0 Å². The number of hydrogen-bond donors (Lipinski definition) is 2. The Hall–Kier alpha value is -2.15. The molecule has 0 radical (unpaired) electrons. The van der Waals surface area contributed by atoms with Gasteiger partial charge in [-0.1, -0.05) is 39.0 Å². The highest BCUT2D eigenvalue weighted by Crippen LogP contribution is 2.39. The minimum absolute atomic E-state index is 0.0786. The maximum absolute atomic E-state index is 13.5. The zero-order chi connectivity index (χ0) is 27.4. The Kier molecular flexibility index (Phi) is 6.97. The molecule has 1 amide bonds. The quantitative estimate of drug-likeness (QED) is 0.589. The summed E-state index contributed by atoms with van der Waals surface area (Å²) in [4.78, 5) is 24.7. The van der Waals surface area contributed by atoms with Gasteiger partial charge in [-0.2, -0.15) is 13.2 Å². The number of rotatable bonds is 4. The second-order valence-corrected chi connectivity index (χ2v) is 12.1. The van der Waals surface area contributed by atoms with Crippen molar-refractivity contribution in [1.29, 1.82) is 0 Å². The number of benzene rings is 1. The molecule has 3 aliphatic heterocycles. The van der Waals surface area contributed by atoms with Crippen molar-refractivity contribution < 1.29 is 32.1 Å². The Labute approximate surface area is 216 Å². The van der Waals surface area contributed by atoms with Crippen LogP contribution in [0.4, 0.5) is 13.2 Å². The van der Waals surface area contributed by atoms with Crippen LogP contribution < -0.4 is 16.3 Å². The number of alkyl halides is 3. The predicted molar refractivity (Wildman–Crippen MR) is 134 cm³/mol. The Morgan fingerprint density at radius 1 is 1.19 bits per heavy atom. The maximum atomic E-state index is 13.5. The molecule has 2 atom stereocenters. The molecule has 0 aromatic heterocycles. The number of amides is 1. The van der Waals surface area contributed by atoms with Crippen LogP contribution in [0.3, 0.4) is 0 Å². The van der Waals surface area contributed by atoms with Gasteiger partial charge in [0, 0.05) is 18.5 Å². The second-order valence-electron chi connectivity index (χ2n) is 12.1. The van der Waals surface area contributed by atoms with E-state index in [-0.39, 0.29) is 13.1 Å². The molecule has 204 valence electrons. The third-order valence-electron chi connectivity index (χ3n) is 7.73. The Morgan fingerprint density at radius 2 is 1.84 bits per heavy atom. The molecular formula is C25H36BF3N4O4. The monoisotopic (exact) mass is 524 g/mol. The van der Waals surface area contributed by atoms with E-state index in [1.165, 1.54) is 11.2 Å². The highest BCUT2D eigenvalue weighted by Gasteiger charge is 2.54. The number of hydroxylamine groups is 1. The van der Waals surface area contributed by atoms with E-state index in [4.69, 9.17) is 14.1 Å². The molecule has 1 fully saturated rings. The molecule has 3 aliphatic rings. The molecule has 8 nitrogen and oxygen atoms in total. The summed E-state index contributed by atoms with van der Waals surface area (Å²) in [6, 6.07) is 4.99. The number of nitrogens with zero attached hydrogens (tertiary/aromatic N) is 2. The highest BCUT2D eigenvalue weighted by atomic mass is 19.4. The molecule has 0 spiro atoms. The van der Waals surface area contributed by atoms with Crippen molar-refractivity contribution in [2.24, 2.45) is 10.4 Å². The van der Waals surface area contributed by atoms with Gasteiger partial charge in [0.05, 0.1) is 23.8 Å². The standard InChI is InChI=1S/C25H36BF3N4O4/c1-21(2,3)25(30-15-31-37-25)20(34)32-19-10-11-33(14-24(27,28)29)13-16-12-17(8-9-18(16)19)26-35-22(4,5)23(6,7)36-26/h8-9,12,15,19H,10-11,13-14H2,1-7H3,(H,30,31)(H,32,34)/t19-,25?/m1/s1. The summed E-state index contributed by atoms with van der Waals surface area (Å²) in [5.41, 5.74) is 1.38. The molecule has 0 saturated carbocycles. The first-order valence-electron chi connectivity index (χ1n) is 12.5. The molecule has 3 heterocycles. The van der Waals surface area contributed by atoms with Crippen molar-refractivity contribution in [3.05, 3.63) is 29.3 Å². The lowest BCUT2D eigenvalue weighted by Gasteiger charge is -2.36. The summed E-state index contributed by atoms with van der Waals surface area (Å²) >= 11 is 0. The Bertz CT molecular complexity index is 1060. The summed E-state index contributed by atoms with van der Waals surface area (Å²) in [6.45, 7) is 12.5. The van der Waals surface area contributed by atoms with Crippen LogP contribution in [0.5, 0.6) is 0 Å². The molecular weight excluding hydrogens is 488 g/mol. The molecule has 1 aromatic rings. The number of fused-ring (bicyclic) bond motifs is 1. The number of hydrogen-bond acceptors (Lipinski definition) is 7. The normalized spacial score (nSPS) is 27.5. The summed E-state index contributed by atoms with van der Waals surface area (Å²) in [5.74, 6) is -0.462. The number of carbonyl (C=O) groups is 1. The van der Waals surface area contributed by atoms with E-state index in [0.29, 0.717) is 12.0 Å². The zero-order valence-corrected chi connectivity index (χ0v) is 22.5. The van der Waals surface area contributed by atoms with Crippen molar-refractivity contribution in [2.45, 2.75) is 90.6 Å². The second kappa shape index (κ2) is 9.25. The molecule has 12 heteroatoms. The van der Waals surface area contributed by atoms with Gasteiger partial charge in [-0.05, 0) is 50.7 Å². The molecule has 1 aromatic carbocycles. The van der Waals surface area contributed by atoms with Crippen molar-refractivity contribution in [3.8, 4) is 0 Å². The maximum Gasteiger partial charge on any atom is 0.494 e. The fourth-order valence-corrected chi connectivity index (χ4v) is 4.86. The number of aliphatic imine (C=N–C) groups is 1. The first kappa shape index (κ1) is 27.9. The van der Waals surface area contributed by atoms with Crippen LogP contribution in [0.15, 0.2) is 23.2 Å². The van der Waals surface area contributed by atoms with E-state index in [2.05, 4.69) is 15.8 Å². The van der Waals surface area contributed by atoms with E-state index < -0.39 is 54.1 Å². The predicted octanol–water partition coefficient (Wildman–Crippen LogP) is 3.22. The Balaban J connectivity index is 1.66. The smallest absolute Gasteiger partial charge is 0.399 e. The van der Waals surface area contributed by atoms with Crippen LogP contribution in [0.25, 0.3) is 0 Å². The third-order valence-corrected chi connectivity index (χ3v) is 7.73. The summed E-state index contributed by atoms with van der Waals surface area (Å²) < 4.78 is 52.4. The van der Waals surface area contributed by atoms with Crippen molar-refractivity contribution in [1.82, 2.24) is 15.7 Å². The minimum Gasteiger partial charge on any atom is -0.399 e. The SMILES string of the molecule is CC(C)(C)C1(C(=O)N[C@@H]2CCN(CC(F)(F)F)Cc3cc(B4OC(C)(C)C(C)(C)O4)ccc32)N=CNO1. The van der Waals surface area contributed by atoms with Gasteiger partial charge in [0.25, 0.3) is 11.6 Å². The molecule has 4 rings (SSSR count). The van der Waals surface area contributed by atoms with E-state index in [1.54, 1.807) is 0 Å². The van der Waals surface area contributed by atoms with Crippen molar-refractivity contribution in [3.63, 3.8) is 0 Å². The van der Waals surface area contributed by atoms with Gasteiger partial charge in [0.1, 0.15) is 6.34 Å². The van der Waals surface area contributed by atoms with Gasteiger partial charge >= 0.3 is 13.3 Å². The van der Waals surface area contributed by atoms with Crippen LogP contribution in [0.1, 0.15) is 72.1 Å². The molecule has 1 saturated heterocycles. The lowest BCUT2D eigenvalue weighted by atomic mass is 9.77. The van der Waals surface area contributed by atoms with Gasteiger partial charge in [-0.15, -0.1) is 0 Å². The molecule has 0 aliphatic carbocycles.